The first kappa shape index (κ1) is 19.0. The van der Waals surface area contributed by atoms with Gasteiger partial charge in [0.15, 0.2) is 11.8 Å². The number of quaternary nitrogens is 1. The van der Waals surface area contributed by atoms with Gasteiger partial charge in [-0.3, -0.25) is 4.57 Å². The van der Waals surface area contributed by atoms with Gasteiger partial charge in [-0.25, -0.2) is 4.98 Å². The summed E-state index contributed by atoms with van der Waals surface area (Å²) < 4.78 is 1.08. The highest BCUT2D eigenvalue weighted by atomic mass is 35.5. The standard InChI is InChI=1S/C19H20Cl2N6O2/c1-27(29)10-26(12-3-5-13(28)6-4-12)18-16(27)17(21)23-19(24-18)25-9-22-14-7-2-11(20)8-15(14)25/h2,7-9,12-13,28H,3-6,10H2,1H3. The van der Waals surface area contributed by atoms with Crippen molar-refractivity contribution in [2.24, 2.45) is 0 Å². The molecule has 0 saturated heterocycles. The largest absolute Gasteiger partial charge is 0.626 e. The smallest absolute Gasteiger partial charge is 0.239 e. The zero-order chi connectivity index (χ0) is 20.3. The number of benzene rings is 1. The molecule has 152 valence electrons. The van der Waals surface area contributed by atoms with E-state index in [-0.39, 0.29) is 24.0 Å². The topological polar surface area (TPSA) is 90.1 Å². The van der Waals surface area contributed by atoms with Crippen molar-refractivity contribution in [2.45, 2.75) is 37.8 Å². The molecule has 1 aliphatic heterocycles. The van der Waals surface area contributed by atoms with Crippen molar-refractivity contribution < 1.29 is 5.11 Å². The molecule has 5 rings (SSSR count). The Morgan fingerprint density at radius 1 is 1.17 bits per heavy atom. The zero-order valence-electron chi connectivity index (χ0n) is 15.8. The molecule has 1 aromatic carbocycles. The first-order chi connectivity index (χ1) is 13.8. The highest BCUT2D eigenvalue weighted by molar-refractivity contribution is 6.32. The lowest BCUT2D eigenvalue weighted by molar-refractivity contribution is 0.121. The predicted molar refractivity (Wildman–Crippen MR) is 113 cm³/mol. The van der Waals surface area contributed by atoms with E-state index in [0.717, 1.165) is 36.7 Å². The van der Waals surface area contributed by atoms with E-state index in [1.54, 1.807) is 30.1 Å². The van der Waals surface area contributed by atoms with Gasteiger partial charge in [-0.2, -0.15) is 9.97 Å². The molecule has 1 atom stereocenters. The summed E-state index contributed by atoms with van der Waals surface area (Å²) in [6.07, 6.45) is 4.40. The molecule has 0 bridgehead atoms. The second-order valence-corrected chi connectivity index (χ2v) is 8.70. The summed E-state index contributed by atoms with van der Waals surface area (Å²) >= 11 is 12.6. The number of anilines is 1. The van der Waals surface area contributed by atoms with E-state index in [0.29, 0.717) is 22.5 Å². The van der Waals surface area contributed by atoms with Crippen LogP contribution in [0, 0.1) is 5.21 Å². The summed E-state index contributed by atoms with van der Waals surface area (Å²) in [5.74, 6) is 0.907. The van der Waals surface area contributed by atoms with Gasteiger partial charge in [0.25, 0.3) is 0 Å². The molecule has 29 heavy (non-hydrogen) atoms. The van der Waals surface area contributed by atoms with Crippen molar-refractivity contribution in [1.29, 1.82) is 0 Å². The monoisotopic (exact) mass is 434 g/mol. The third-order valence-electron chi connectivity index (χ3n) is 5.81. The Kier molecular flexibility index (Phi) is 4.45. The minimum Gasteiger partial charge on any atom is -0.626 e. The summed E-state index contributed by atoms with van der Waals surface area (Å²) in [5, 5.41) is 23.7. The Morgan fingerprint density at radius 3 is 2.69 bits per heavy atom. The van der Waals surface area contributed by atoms with Gasteiger partial charge in [-0.05, 0) is 43.9 Å². The summed E-state index contributed by atoms with van der Waals surface area (Å²) in [7, 11) is 1.57. The molecule has 0 amide bonds. The van der Waals surface area contributed by atoms with E-state index in [1.807, 2.05) is 11.0 Å². The van der Waals surface area contributed by atoms with E-state index in [1.165, 1.54) is 0 Å². The van der Waals surface area contributed by atoms with E-state index in [4.69, 9.17) is 28.2 Å². The molecule has 0 spiro atoms. The molecule has 2 aromatic heterocycles. The van der Waals surface area contributed by atoms with Crippen LogP contribution in [0.3, 0.4) is 0 Å². The molecule has 3 aromatic rings. The van der Waals surface area contributed by atoms with Crippen molar-refractivity contribution >= 4 is 45.7 Å². The van der Waals surface area contributed by atoms with Gasteiger partial charge in [-0.15, -0.1) is 0 Å². The van der Waals surface area contributed by atoms with Crippen molar-refractivity contribution in [2.75, 3.05) is 18.6 Å². The highest BCUT2D eigenvalue weighted by Gasteiger charge is 2.42. The molecule has 3 heterocycles. The van der Waals surface area contributed by atoms with E-state index in [2.05, 4.69) is 9.97 Å². The van der Waals surface area contributed by atoms with Crippen LogP contribution in [-0.4, -0.2) is 50.5 Å². The van der Waals surface area contributed by atoms with Crippen LogP contribution >= 0.6 is 23.2 Å². The van der Waals surface area contributed by atoms with Gasteiger partial charge in [0, 0.05) is 11.1 Å². The molecule has 0 radical (unpaired) electrons. The van der Waals surface area contributed by atoms with Crippen LogP contribution < -0.4 is 9.55 Å². The van der Waals surface area contributed by atoms with Crippen LogP contribution in [0.5, 0.6) is 0 Å². The van der Waals surface area contributed by atoms with Crippen molar-refractivity contribution in [3.8, 4) is 5.95 Å². The molecule has 1 saturated carbocycles. The average molecular weight is 435 g/mol. The van der Waals surface area contributed by atoms with Gasteiger partial charge in [0.05, 0.1) is 24.2 Å². The van der Waals surface area contributed by atoms with Crippen molar-refractivity contribution in [3.63, 3.8) is 0 Å². The lowest BCUT2D eigenvalue weighted by atomic mass is 9.92. The van der Waals surface area contributed by atoms with Crippen LogP contribution in [0.1, 0.15) is 25.7 Å². The molecular formula is C19H20Cl2N6O2. The van der Waals surface area contributed by atoms with Gasteiger partial charge in [0.2, 0.25) is 17.5 Å². The lowest BCUT2D eigenvalue weighted by Crippen LogP contribution is -2.47. The summed E-state index contributed by atoms with van der Waals surface area (Å²) in [5.41, 5.74) is 1.90. The summed E-state index contributed by atoms with van der Waals surface area (Å²) in [6, 6.07) is 5.53. The number of aliphatic hydroxyl groups is 1. The highest BCUT2D eigenvalue weighted by Crippen LogP contribution is 2.45. The maximum absolute atomic E-state index is 13.2. The van der Waals surface area contributed by atoms with E-state index < -0.39 is 4.65 Å². The molecule has 8 nitrogen and oxygen atoms in total. The number of aromatic nitrogens is 4. The number of halogens is 2. The molecule has 2 aliphatic rings. The van der Waals surface area contributed by atoms with E-state index in [9.17, 15) is 10.3 Å². The quantitative estimate of drug-likeness (QED) is 0.376. The maximum Gasteiger partial charge on any atom is 0.239 e. The molecule has 10 heteroatoms. The Balaban J connectivity index is 1.63. The first-order valence-corrected chi connectivity index (χ1v) is 10.3. The maximum atomic E-state index is 13.2. The number of imidazole rings is 1. The van der Waals surface area contributed by atoms with Crippen LogP contribution in [0.15, 0.2) is 24.5 Å². The lowest BCUT2D eigenvalue weighted by Gasteiger charge is -2.37. The normalized spacial score (nSPS) is 26.9. The van der Waals surface area contributed by atoms with Crippen molar-refractivity contribution in [1.82, 2.24) is 24.2 Å². The number of rotatable bonds is 2. The second kappa shape index (κ2) is 6.78. The molecule has 1 unspecified atom stereocenters. The number of fused-ring (bicyclic) bond motifs is 2. The van der Waals surface area contributed by atoms with Gasteiger partial charge in [0.1, 0.15) is 6.33 Å². The van der Waals surface area contributed by atoms with Crippen LogP contribution in [0.2, 0.25) is 10.2 Å². The minimum atomic E-state index is -0.649. The first-order valence-electron chi connectivity index (χ1n) is 9.56. The molecule has 1 fully saturated rings. The number of hydrogen-bond donors (Lipinski definition) is 1. The predicted octanol–water partition coefficient (Wildman–Crippen LogP) is 3.64. The number of aliphatic hydroxyl groups excluding tert-OH is 1. The third-order valence-corrected chi connectivity index (χ3v) is 6.31. The van der Waals surface area contributed by atoms with Crippen LogP contribution in [-0.2, 0) is 0 Å². The fraction of sp³-hybridized carbons (Fsp3) is 0.421. The molecular weight excluding hydrogens is 415 g/mol. The summed E-state index contributed by atoms with van der Waals surface area (Å²) in [4.78, 5) is 15.6. The van der Waals surface area contributed by atoms with Gasteiger partial charge < -0.3 is 19.9 Å². The average Bonchev–Trinajstić information content (AvgIpc) is 3.20. The van der Waals surface area contributed by atoms with Gasteiger partial charge in [-0.1, -0.05) is 23.2 Å². The van der Waals surface area contributed by atoms with Crippen molar-refractivity contribution in [3.05, 3.63) is 39.9 Å². The molecule has 1 N–H and O–H groups in total. The van der Waals surface area contributed by atoms with E-state index >= 15 is 0 Å². The second-order valence-electron chi connectivity index (χ2n) is 7.91. The number of nitrogens with zero attached hydrogens (tertiary/aromatic N) is 6. The zero-order valence-corrected chi connectivity index (χ0v) is 17.3. The minimum absolute atomic E-state index is 0.138. The Morgan fingerprint density at radius 2 is 1.93 bits per heavy atom. The van der Waals surface area contributed by atoms with Crippen LogP contribution in [0.25, 0.3) is 17.0 Å². The Bertz CT molecular complexity index is 1090. The fourth-order valence-corrected chi connectivity index (χ4v) is 4.85. The van der Waals surface area contributed by atoms with Crippen LogP contribution in [0.4, 0.5) is 11.5 Å². The number of hydroxylamine groups is 2. The fourth-order valence-electron chi connectivity index (χ4n) is 4.35. The Labute approximate surface area is 177 Å². The van der Waals surface area contributed by atoms with Gasteiger partial charge >= 0.3 is 0 Å². The Hall–Kier alpha value is -1.97. The SMILES string of the molecule is C[N+]1([O-])CN(C2CCC(O)CC2)c2nc(-n3cnc4ccc(Cl)cc43)nc(Cl)c21. The molecule has 1 aliphatic carbocycles. The number of hydrogen-bond acceptors (Lipinski definition) is 6. The third kappa shape index (κ3) is 3.15. The summed E-state index contributed by atoms with van der Waals surface area (Å²) in [6.45, 7) is 0.227.